The number of nitrogens with one attached hydrogen (secondary N) is 2. The molecule has 6 heteroatoms. The number of nitrogens with zero attached hydrogens (tertiary/aromatic N) is 2. The van der Waals surface area contributed by atoms with Crippen molar-refractivity contribution in [2.75, 3.05) is 27.2 Å². The third kappa shape index (κ3) is 3.14. The molecular formula is C8H14N4O2. The average molecular weight is 198 g/mol. The monoisotopic (exact) mass is 198 g/mol. The summed E-state index contributed by atoms with van der Waals surface area (Å²) in [5.74, 6) is -1.02. The van der Waals surface area contributed by atoms with E-state index < -0.39 is 11.8 Å². The second-order valence-corrected chi connectivity index (χ2v) is 3.30. The van der Waals surface area contributed by atoms with Gasteiger partial charge in [-0.05, 0) is 27.1 Å². The van der Waals surface area contributed by atoms with Crippen LogP contribution in [0.25, 0.3) is 0 Å². The van der Waals surface area contributed by atoms with Crippen LogP contribution in [-0.4, -0.2) is 49.9 Å². The number of guanidine groups is 1. The highest BCUT2D eigenvalue weighted by Gasteiger charge is 2.24. The number of carbonyl (C=O) groups excluding carboxylic acids is 2. The van der Waals surface area contributed by atoms with E-state index >= 15 is 0 Å². The predicted molar refractivity (Wildman–Crippen MR) is 51.8 cm³/mol. The van der Waals surface area contributed by atoms with Crippen molar-refractivity contribution in [3.63, 3.8) is 0 Å². The third-order valence-electron chi connectivity index (χ3n) is 1.70. The Bertz CT molecular complexity index is 255. The Morgan fingerprint density at radius 1 is 1.21 bits per heavy atom. The smallest absolute Gasteiger partial charge is 0.309 e. The van der Waals surface area contributed by atoms with E-state index in [1.54, 1.807) is 0 Å². The van der Waals surface area contributed by atoms with Gasteiger partial charge in [-0.2, -0.15) is 0 Å². The van der Waals surface area contributed by atoms with E-state index in [0.29, 0.717) is 6.54 Å². The Balaban J connectivity index is 2.26. The highest BCUT2D eigenvalue weighted by atomic mass is 16.2. The van der Waals surface area contributed by atoms with E-state index in [1.807, 2.05) is 19.0 Å². The van der Waals surface area contributed by atoms with Crippen LogP contribution in [0.3, 0.4) is 0 Å². The van der Waals surface area contributed by atoms with Crippen molar-refractivity contribution in [1.29, 1.82) is 0 Å². The van der Waals surface area contributed by atoms with Gasteiger partial charge in [-0.3, -0.25) is 25.2 Å². The molecule has 1 fully saturated rings. The minimum Gasteiger partial charge on any atom is -0.309 e. The van der Waals surface area contributed by atoms with Crippen LogP contribution in [0.15, 0.2) is 4.99 Å². The van der Waals surface area contributed by atoms with E-state index in [2.05, 4.69) is 15.6 Å². The molecule has 0 radical (unpaired) electrons. The summed E-state index contributed by atoms with van der Waals surface area (Å²) in [5, 5.41) is 4.66. The summed E-state index contributed by atoms with van der Waals surface area (Å²) in [6.07, 6.45) is 0.891. The van der Waals surface area contributed by atoms with Crippen molar-refractivity contribution in [2.45, 2.75) is 6.42 Å². The second-order valence-electron chi connectivity index (χ2n) is 3.30. The summed E-state index contributed by atoms with van der Waals surface area (Å²) in [5.41, 5.74) is 0. The Labute approximate surface area is 82.4 Å². The Kier molecular flexibility index (Phi) is 3.58. The lowest BCUT2D eigenvalue weighted by molar-refractivity contribution is -0.135. The van der Waals surface area contributed by atoms with E-state index in [1.165, 1.54) is 0 Å². The second kappa shape index (κ2) is 4.71. The molecule has 1 saturated heterocycles. The van der Waals surface area contributed by atoms with Crippen LogP contribution in [0.4, 0.5) is 0 Å². The number of hydrogen-bond donors (Lipinski definition) is 2. The lowest BCUT2D eigenvalue weighted by atomic mass is 10.4. The molecule has 0 spiro atoms. The summed E-state index contributed by atoms with van der Waals surface area (Å²) in [6.45, 7) is 1.52. The number of rotatable bonds is 4. The first kappa shape index (κ1) is 10.6. The molecule has 1 aliphatic heterocycles. The van der Waals surface area contributed by atoms with Gasteiger partial charge in [0.15, 0.2) is 0 Å². The van der Waals surface area contributed by atoms with Crippen LogP contribution in [0.2, 0.25) is 0 Å². The Morgan fingerprint density at radius 2 is 1.79 bits per heavy atom. The SMILES string of the molecule is CN(C)CCCN=C1NC(=O)C(=O)N1. The molecule has 2 amide bonds. The van der Waals surface area contributed by atoms with Gasteiger partial charge < -0.3 is 4.90 Å². The molecule has 0 aromatic heterocycles. The van der Waals surface area contributed by atoms with Crippen molar-refractivity contribution in [3.05, 3.63) is 0 Å². The molecule has 0 aromatic carbocycles. The van der Waals surface area contributed by atoms with Crippen LogP contribution in [0.1, 0.15) is 6.42 Å². The molecule has 0 bridgehead atoms. The van der Waals surface area contributed by atoms with Gasteiger partial charge in [0, 0.05) is 6.54 Å². The summed E-state index contributed by atoms with van der Waals surface area (Å²) in [6, 6.07) is 0. The molecular weight excluding hydrogens is 184 g/mol. The van der Waals surface area contributed by atoms with E-state index in [4.69, 9.17) is 0 Å². The average Bonchev–Trinajstić information content (AvgIpc) is 2.40. The highest BCUT2D eigenvalue weighted by Crippen LogP contribution is 1.87. The van der Waals surface area contributed by atoms with Gasteiger partial charge in [0.05, 0.1) is 0 Å². The molecule has 0 unspecified atom stereocenters. The Morgan fingerprint density at radius 3 is 2.29 bits per heavy atom. The zero-order chi connectivity index (χ0) is 10.6. The predicted octanol–water partition coefficient (Wildman–Crippen LogP) is -1.46. The van der Waals surface area contributed by atoms with Gasteiger partial charge in [-0.25, -0.2) is 0 Å². The summed E-state index contributed by atoms with van der Waals surface area (Å²) in [7, 11) is 3.96. The zero-order valence-electron chi connectivity index (χ0n) is 8.33. The number of carbonyl (C=O) groups is 2. The fourth-order valence-electron chi connectivity index (χ4n) is 1.02. The topological polar surface area (TPSA) is 73.8 Å². The molecule has 14 heavy (non-hydrogen) atoms. The van der Waals surface area contributed by atoms with Crippen LogP contribution in [-0.2, 0) is 9.59 Å². The highest BCUT2D eigenvalue weighted by molar-refractivity contribution is 6.45. The maximum atomic E-state index is 10.7. The molecule has 2 N–H and O–H groups in total. The number of amides is 2. The Hall–Kier alpha value is -1.43. The normalized spacial score (nSPS) is 15.8. The van der Waals surface area contributed by atoms with E-state index in [-0.39, 0.29) is 5.96 Å². The quantitative estimate of drug-likeness (QED) is 0.428. The number of aliphatic imine (C=N–C) groups is 1. The molecule has 1 heterocycles. The van der Waals surface area contributed by atoms with Gasteiger partial charge >= 0.3 is 11.8 Å². The third-order valence-corrected chi connectivity index (χ3v) is 1.70. The zero-order valence-corrected chi connectivity index (χ0v) is 8.33. The fraction of sp³-hybridized carbons (Fsp3) is 0.625. The molecule has 0 saturated carbocycles. The summed E-state index contributed by atoms with van der Waals surface area (Å²) >= 11 is 0. The van der Waals surface area contributed by atoms with Crippen LogP contribution in [0, 0.1) is 0 Å². The number of hydrogen-bond acceptors (Lipinski definition) is 4. The fourth-order valence-corrected chi connectivity index (χ4v) is 1.02. The van der Waals surface area contributed by atoms with E-state index in [9.17, 15) is 9.59 Å². The van der Waals surface area contributed by atoms with Crippen LogP contribution >= 0.6 is 0 Å². The van der Waals surface area contributed by atoms with Gasteiger partial charge in [-0.15, -0.1) is 0 Å². The standard InChI is InChI=1S/C8H14N4O2/c1-12(2)5-3-4-9-8-10-6(13)7(14)11-8/h3-5H2,1-2H3,(H2,9,10,11,13,14). The largest absolute Gasteiger partial charge is 0.316 e. The maximum absolute atomic E-state index is 10.7. The van der Waals surface area contributed by atoms with Gasteiger partial charge in [-0.1, -0.05) is 0 Å². The van der Waals surface area contributed by atoms with Crippen molar-refractivity contribution in [2.24, 2.45) is 4.99 Å². The molecule has 1 rings (SSSR count). The lowest BCUT2D eigenvalue weighted by Crippen LogP contribution is -2.26. The molecule has 0 aromatic rings. The molecule has 1 aliphatic rings. The molecule has 0 atom stereocenters. The summed E-state index contributed by atoms with van der Waals surface area (Å²) < 4.78 is 0. The molecule has 78 valence electrons. The first-order valence-electron chi connectivity index (χ1n) is 4.41. The van der Waals surface area contributed by atoms with Crippen molar-refractivity contribution in [1.82, 2.24) is 15.5 Å². The van der Waals surface area contributed by atoms with Crippen molar-refractivity contribution in [3.8, 4) is 0 Å². The lowest BCUT2D eigenvalue weighted by Gasteiger charge is -2.06. The maximum Gasteiger partial charge on any atom is 0.316 e. The first-order valence-corrected chi connectivity index (χ1v) is 4.41. The van der Waals surface area contributed by atoms with E-state index in [0.717, 1.165) is 13.0 Å². The van der Waals surface area contributed by atoms with Gasteiger partial charge in [0.2, 0.25) is 5.96 Å². The molecule has 6 nitrogen and oxygen atoms in total. The van der Waals surface area contributed by atoms with Crippen LogP contribution < -0.4 is 10.6 Å². The summed E-state index contributed by atoms with van der Waals surface area (Å²) in [4.78, 5) is 27.5. The van der Waals surface area contributed by atoms with Gasteiger partial charge in [0.1, 0.15) is 0 Å². The minimum absolute atomic E-state index is 0.263. The van der Waals surface area contributed by atoms with Gasteiger partial charge in [0.25, 0.3) is 0 Å². The van der Waals surface area contributed by atoms with Crippen molar-refractivity contribution >= 4 is 17.8 Å². The molecule has 0 aliphatic carbocycles. The van der Waals surface area contributed by atoms with Crippen LogP contribution in [0.5, 0.6) is 0 Å². The first-order chi connectivity index (χ1) is 6.59. The minimum atomic E-state index is -0.642. The van der Waals surface area contributed by atoms with Crippen molar-refractivity contribution < 1.29 is 9.59 Å².